The maximum absolute atomic E-state index is 13.0. The van der Waals surface area contributed by atoms with Crippen LogP contribution >= 0.6 is 0 Å². The van der Waals surface area contributed by atoms with Crippen LogP contribution in [0, 0.1) is 5.82 Å². The zero-order valence-electron chi connectivity index (χ0n) is 9.51. The van der Waals surface area contributed by atoms with Gasteiger partial charge in [0.25, 0.3) is 0 Å². The number of benzene rings is 2. The normalized spacial score (nSPS) is 11.8. The van der Waals surface area contributed by atoms with E-state index < -0.39 is 17.8 Å². The molecule has 0 heterocycles. The van der Waals surface area contributed by atoms with E-state index in [1.165, 1.54) is 18.2 Å². The second kappa shape index (κ2) is 5.31. The Bertz CT molecular complexity index is 543. The molecule has 2 N–H and O–H groups in total. The van der Waals surface area contributed by atoms with Crippen LogP contribution in [0.15, 0.2) is 54.6 Å². The predicted molar refractivity (Wildman–Crippen MR) is 66.8 cm³/mol. The topological polar surface area (TPSA) is 49.3 Å². The lowest BCUT2D eigenvalue weighted by atomic mass is 10.1. The highest BCUT2D eigenvalue weighted by Gasteiger charge is 2.19. The van der Waals surface area contributed by atoms with E-state index in [-0.39, 0.29) is 0 Å². The second-order valence-corrected chi connectivity index (χ2v) is 3.84. The van der Waals surface area contributed by atoms with E-state index >= 15 is 0 Å². The van der Waals surface area contributed by atoms with Gasteiger partial charge in [0.1, 0.15) is 5.82 Å². The lowest BCUT2D eigenvalue weighted by Gasteiger charge is -2.16. The Labute approximate surface area is 104 Å². The van der Waals surface area contributed by atoms with E-state index in [2.05, 4.69) is 5.32 Å². The van der Waals surface area contributed by atoms with Crippen molar-refractivity contribution in [1.82, 2.24) is 0 Å². The molecule has 2 aromatic carbocycles. The summed E-state index contributed by atoms with van der Waals surface area (Å²) in [5.41, 5.74) is 1.06. The summed E-state index contributed by atoms with van der Waals surface area (Å²) >= 11 is 0. The highest BCUT2D eigenvalue weighted by molar-refractivity contribution is 5.79. The van der Waals surface area contributed by atoms with Gasteiger partial charge in [0.2, 0.25) is 0 Å². The Morgan fingerprint density at radius 3 is 2.44 bits per heavy atom. The van der Waals surface area contributed by atoms with Gasteiger partial charge in [-0.05, 0) is 23.8 Å². The number of anilines is 1. The summed E-state index contributed by atoms with van der Waals surface area (Å²) in [6, 6.07) is 13.6. The predicted octanol–water partition coefficient (Wildman–Crippen LogP) is 3.06. The summed E-state index contributed by atoms with van der Waals surface area (Å²) in [7, 11) is 0. The molecule has 0 saturated carbocycles. The van der Waals surface area contributed by atoms with Gasteiger partial charge in [0.05, 0.1) is 0 Å². The van der Waals surface area contributed by atoms with E-state index in [0.717, 1.165) is 0 Å². The fourth-order valence-corrected chi connectivity index (χ4v) is 1.68. The fourth-order valence-electron chi connectivity index (χ4n) is 1.68. The molecule has 0 saturated heterocycles. The first-order valence-electron chi connectivity index (χ1n) is 5.46. The average Bonchev–Trinajstić information content (AvgIpc) is 2.37. The first-order valence-corrected chi connectivity index (χ1v) is 5.46. The van der Waals surface area contributed by atoms with Crippen molar-refractivity contribution < 1.29 is 14.3 Å². The lowest BCUT2D eigenvalue weighted by Crippen LogP contribution is -2.20. The van der Waals surface area contributed by atoms with E-state index in [1.807, 2.05) is 6.07 Å². The number of hydrogen-bond donors (Lipinski definition) is 2. The zero-order valence-corrected chi connectivity index (χ0v) is 9.51. The minimum atomic E-state index is -1.01. The molecule has 3 nitrogen and oxygen atoms in total. The SMILES string of the molecule is O=C(O)[C@H](Nc1cccc(F)c1)c1ccccc1. The smallest absolute Gasteiger partial charge is 0.330 e. The molecule has 0 unspecified atom stereocenters. The zero-order chi connectivity index (χ0) is 13.0. The van der Waals surface area contributed by atoms with Gasteiger partial charge in [-0.2, -0.15) is 0 Å². The number of carboxylic acid groups (broad SMARTS) is 1. The van der Waals surface area contributed by atoms with Gasteiger partial charge < -0.3 is 10.4 Å². The molecule has 0 aliphatic heterocycles. The Morgan fingerprint density at radius 2 is 1.83 bits per heavy atom. The van der Waals surface area contributed by atoms with E-state index in [4.69, 9.17) is 0 Å². The summed E-state index contributed by atoms with van der Waals surface area (Å²) in [4.78, 5) is 11.2. The van der Waals surface area contributed by atoms with Gasteiger partial charge in [-0.15, -0.1) is 0 Å². The molecule has 0 fully saturated rings. The molecular weight excluding hydrogens is 233 g/mol. The Kier molecular flexibility index (Phi) is 3.57. The summed E-state index contributed by atoms with van der Waals surface area (Å²) in [5.74, 6) is -1.41. The number of rotatable bonds is 4. The Balaban J connectivity index is 2.25. The third-order valence-electron chi connectivity index (χ3n) is 2.52. The van der Waals surface area contributed by atoms with Gasteiger partial charge in [-0.1, -0.05) is 36.4 Å². The van der Waals surface area contributed by atoms with Crippen molar-refractivity contribution in [3.8, 4) is 0 Å². The van der Waals surface area contributed by atoms with Gasteiger partial charge in [-0.3, -0.25) is 0 Å². The maximum Gasteiger partial charge on any atom is 0.330 e. The third-order valence-corrected chi connectivity index (χ3v) is 2.52. The quantitative estimate of drug-likeness (QED) is 0.870. The second-order valence-electron chi connectivity index (χ2n) is 3.84. The monoisotopic (exact) mass is 245 g/mol. The number of aliphatic carboxylic acids is 1. The largest absolute Gasteiger partial charge is 0.479 e. The molecule has 92 valence electrons. The van der Waals surface area contributed by atoms with Crippen LogP contribution in [0.3, 0.4) is 0 Å². The first kappa shape index (κ1) is 12.1. The fraction of sp³-hybridized carbons (Fsp3) is 0.0714. The number of hydrogen-bond acceptors (Lipinski definition) is 2. The van der Waals surface area contributed by atoms with Gasteiger partial charge in [-0.25, -0.2) is 9.18 Å². The highest BCUT2D eigenvalue weighted by atomic mass is 19.1. The van der Waals surface area contributed by atoms with Crippen molar-refractivity contribution in [3.05, 3.63) is 66.0 Å². The van der Waals surface area contributed by atoms with Crippen molar-refractivity contribution in [3.63, 3.8) is 0 Å². The Hall–Kier alpha value is -2.36. The molecule has 0 spiro atoms. The molecule has 4 heteroatoms. The molecule has 2 rings (SSSR count). The molecule has 0 aromatic heterocycles. The van der Waals surface area contributed by atoms with Crippen LogP contribution in [0.5, 0.6) is 0 Å². The number of halogens is 1. The third kappa shape index (κ3) is 2.85. The van der Waals surface area contributed by atoms with Crippen molar-refractivity contribution in [2.75, 3.05) is 5.32 Å². The van der Waals surface area contributed by atoms with Crippen LogP contribution in [0.2, 0.25) is 0 Å². The molecule has 18 heavy (non-hydrogen) atoms. The summed E-state index contributed by atoms with van der Waals surface area (Å²) in [5, 5.41) is 12.0. The molecule has 0 bridgehead atoms. The van der Waals surface area contributed by atoms with E-state index in [1.54, 1.807) is 30.3 Å². The van der Waals surface area contributed by atoms with Crippen molar-refractivity contribution in [1.29, 1.82) is 0 Å². The first-order chi connectivity index (χ1) is 8.66. The number of nitrogens with one attached hydrogen (secondary N) is 1. The molecule has 2 aromatic rings. The standard InChI is InChI=1S/C14H12FNO2/c15-11-7-4-8-12(9-11)16-13(14(17)18)10-5-2-1-3-6-10/h1-9,13,16H,(H,17,18)/t13-/m1/s1. The van der Waals surface area contributed by atoms with Crippen molar-refractivity contribution >= 4 is 11.7 Å². The highest BCUT2D eigenvalue weighted by Crippen LogP contribution is 2.20. The lowest BCUT2D eigenvalue weighted by molar-refractivity contribution is -0.138. The Morgan fingerprint density at radius 1 is 1.11 bits per heavy atom. The number of carboxylic acids is 1. The van der Waals surface area contributed by atoms with Crippen molar-refractivity contribution in [2.45, 2.75) is 6.04 Å². The van der Waals surface area contributed by atoms with Crippen LogP contribution in [0.1, 0.15) is 11.6 Å². The molecular formula is C14H12FNO2. The van der Waals surface area contributed by atoms with E-state index in [9.17, 15) is 14.3 Å². The minimum Gasteiger partial charge on any atom is -0.479 e. The maximum atomic E-state index is 13.0. The van der Waals surface area contributed by atoms with Crippen LogP contribution < -0.4 is 5.32 Å². The molecule has 0 aliphatic carbocycles. The van der Waals surface area contributed by atoms with E-state index in [0.29, 0.717) is 11.3 Å². The molecule has 0 radical (unpaired) electrons. The van der Waals surface area contributed by atoms with Crippen LogP contribution in [0.4, 0.5) is 10.1 Å². The van der Waals surface area contributed by atoms with Crippen LogP contribution in [0.25, 0.3) is 0 Å². The summed E-state index contributed by atoms with van der Waals surface area (Å²) < 4.78 is 13.0. The van der Waals surface area contributed by atoms with Crippen LogP contribution in [-0.4, -0.2) is 11.1 Å². The van der Waals surface area contributed by atoms with Gasteiger partial charge >= 0.3 is 5.97 Å². The summed E-state index contributed by atoms with van der Waals surface area (Å²) in [6.45, 7) is 0. The molecule has 0 amide bonds. The van der Waals surface area contributed by atoms with Gasteiger partial charge in [0, 0.05) is 5.69 Å². The van der Waals surface area contributed by atoms with Gasteiger partial charge in [0.15, 0.2) is 6.04 Å². The average molecular weight is 245 g/mol. The number of carbonyl (C=O) groups is 1. The molecule has 1 atom stereocenters. The van der Waals surface area contributed by atoms with Crippen LogP contribution in [-0.2, 0) is 4.79 Å². The minimum absolute atomic E-state index is 0.405. The molecule has 0 aliphatic rings. The van der Waals surface area contributed by atoms with Crippen molar-refractivity contribution in [2.24, 2.45) is 0 Å². The summed E-state index contributed by atoms with van der Waals surface area (Å²) in [6.07, 6.45) is 0.